The fourth-order valence-electron chi connectivity index (χ4n) is 3.01. The average molecular weight is 357 g/mol. The predicted molar refractivity (Wildman–Crippen MR) is 109 cm³/mol. The molecule has 0 aliphatic heterocycles. The third-order valence-electron chi connectivity index (χ3n) is 4.59. The normalized spacial score (nSPS) is 11.0. The number of nitrogens with one attached hydrogen (secondary N) is 2. The number of ether oxygens (including phenoxy) is 1. The molecule has 0 bridgehead atoms. The second kappa shape index (κ2) is 8.06. The number of aromatic nitrogens is 2. The van der Waals surface area contributed by atoms with Gasteiger partial charge < -0.3 is 15.0 Å². The van der Waals surface area contributed by atoms with Crippen molar-refractivity contribution in [3.8, 4) is 11.5 Å². The zero-order valence-corrected chi connectivity index (χ0v) is 15.4. The van der Waals surface area contributed by atoms with Crippen LogP contribution in [0.1, 0.15) is 16.7 Å². The lowest BCUT2D eigenvalue weighted by molar-refractivity contribution is 0.483. The summed E-state index contributed by atoms with van der Waals surface area (Å²) < 4.78 is 5.94. The van der Waals surface area contributed by atoms with Crippen LogP contribution in [0.25, 0.3) is 11.0 Å². The second-order valence-electron chi connectivity index (χ2n) is 6.74. The summed E-state index contributed by atoms with van der Waals surface area (Å²) in [4.78, 5) is 7.32. The van der Waals surface area contributed by atoms with Gasteiger partial charge >= 0.3 is 0 Å². The maximum Gasteiger partial charge on any atom is 0.129 e. The minimum Gasteiger partial charge on any atom is -0.457 e. The van der Waals surface area contributed by atoms with Crippen LogP contribution in [0, 0.1) is 6.92 Å². The van der Waals surface area contributed by atoms with Crippen LogP contribution in [-0.4, -0.2) is 16.5 Å². The smallest absolute Gasteiger partial charge is 0.129 e. The molecule has 0 amide bonds. The summed E-state index contributed by atoms with van der Waals surface area (Å²) in [5.41, 5.74) is 5.83. The van der Waals surface area contributed by atoms with Crippen LogP contribution in [0.3, 0.4) is 0 Å². The van der Waals surface area contributed by atoms with Gasteiger partial charge in [-0.15, -0.1) is 0 Å². The summed E-state index contributed by atoms with van der Waals surface area (Å²) in [6, 6.07) is 22.8. The summed E-state index contributed by atoms with van der Waals surface area (Å²) in [5.74, 6) is 1.63. The van der Waals surface area contributed by atoms with Crippen molar-refractivity contribution in [1.82, 2.24) is 15.3 Å². The van der Waals surface area contributed by atoms with Gasteiger partial charge in [0.25, 0.3) is 0 Å². The lowest BCUT2D eigenvalue weighted by Crippen LogP contribution is -2.16. The molecule has 0 aliphatic rings. The van der Waals surface area contributed by atoms with E-state index in [4.69, 9.17) is 4.74 Å². The monoisotopic (exact) mass is 357 g/mol. The molecule has 0 saturated carbocycles. The molecule has 0 atom stereocenters. The molecule has 0 aliphatic carbocycles. The van der Waals surface area contributed by atoms with E-state index >= 15 is 0 Å². The van der Waals surface area contributed by atoms with E-state index < -0.39 is 0 Å². The van der Waals surface area contributed by atoms with Gasteiger partial charge in [-0.1, -0.05) is 42.0 Å². The van der Waals surface area contributed by atoms with Gasteiger partial charge in [-0.05, 0) is 55.3 Å². The van der Waals surface area contributed by atoms with Gasteiger partial charge in [0, 0.05) is 12.6 Å². The molecule has 136 valence electrons. The van der Waals surface area contributed by atoms with Crippen molar-refractivity contribution in [3.63, 3.8) is 0 Å². The minimum atomic E-state index is 0.802. The van der Waals surface area contributed by atoms with Crippen LogP contribution in [0.5, 0.6) is 11.5 Å². The summed E-state index contributed by atoms with van der Waals surface area (Å²) in [7, 11) is 0. The summed E-state index contributed by atoms with van der Waals surface area (Å²) >= 11 is 0. The fourth-order valence-corrected chi connectivity index (χ4v) is 3.01. The zero-order chi connectivity index (χ0) is 18.5. The van der Waals surface area contributed by atoms with Crippen molar-refractivity contribution in [2.75, 3.05) is 6.54 Å². The third kappa shape index (κ3) is 4.54. The van der Waals surface area contributed by atoms with E-state index in [-0.39, 0.29) is 0 Å². The van der Waals surface area contributed by atoms with E-state index in [0.29, 0.717) is 0 Å². The molecule has 3 aromatic carbocycles. The van der Waals surface area contributed by atoms with E-state index in [0.717, 1.165) is 42.0 Å². The molecule has 1 aromatic heterocycles. The molecule has 0 fully saturated rings. The Morgan fingerprint density at radius 2 is 1.63 bits per heavy atom. The van der Waals surface area contributed by atoms with E-state index in [2.05, 4.69) is 58.6 Å². The van der Waals surface area contributed by atoms with Gasteiger partial charge in [-0.3, -0.25) is 0 Å². The highest BCUT2D eigenvalue weighted by Gasteiger charge is 2.02. The molecule has 0 radical (unpaired) electrons. The number of rotatable bonds is 7. The summed E-state index contributed by atoms with van der Waals surface area (Å²) in [5, 5.41) is 3.50. The number of fused-ring (bicyclic) bond motifs is 1. The van der Waals surface area contributed by atoms with Crippen molar-refractivity contribution >= 4 is 11.0 Å². The third-order valence-corrected chi connectivity index (χ3v) is 4.59. The fraction of sp³-hybridized carbons (Fsp3) is 0.174. The Labute approximate surface area is 159 Å². The van der Waals surface area contributed by atoms with E-state index in [1.54, 1.807) is 6.33 Å². The second-order valence-corrected chi connectivity index (χ2v) is 6.74. The van der Waals surface area contributed by atoms with Gasteiger partial charge in [-0.2, -0.15) is 0 Å². The molecule has 1 heterocycles. The first-order chi connectivity index (χ1) is 13.3. The highest BCUT2D eigenvalue weighted by Crippen LogP contribution is 2.24. The average Bonchev–Trinajstić information content (AvgIpc) is 3.16. The molecular weight excluding hydrogens is 334 g/mol. The number of benzene rings is 3. The lowest BCUT2D eigenvalue weighted by Gasteiger charge is -2.08. The molecule has 4 rings (SSSR count). The van der Waals surface area contributed by atoms with Crippen LogP contribution in [0.2, 0.25) is 0 Å². The number of nitrogens with zero attached hydrogens (tertiary/aromatic N) is 1. The SMILES string of the molecule is Cc1ccc(CCNCc2ccc(Oc3ccc4nc[nH]c4c3)cc2)cc1. The Hall–Kier alpha value is -3.11. The molecule has 0 unspecified atom stereocenters. The van der Waals surface area contributed by atoms with E-state index in [9.17, 15) is 0 Å². The zero-order valence-electron chi connectivity index (χ0n) is 15.4. The molecule has 27 heavy (non-hydrogen) atoms. The number of aryl methyl sites for hydroxylation is 1. The van der Waals surface area contributed by atoms with Gasteiger partial charge in [0.15, 0.2) is 0 Å². The molecule has 4 nitrogen and oxygen atoms in total. The number of aromatic amines is 1. The summed E-state index contributed by atoms with van der Waals surface area (Å²) in [6.07, 6.45) is 2.73. The van der Waals surface area contributed by atoms with E-state index in [1.165, 1.54) is 16.7 Å². The topological polar surface area (TPSA) is 49.9 Å². The molecule has 0 saturated heterocycles. The quantitative estimate of drug-likeness (QED) is 0.458. The van der Waals surface area contributed by atoms with Crippen LogP contribution in [0.4, 0.5) is 0 Å². The largest absolute Gasteiger partial charge is 0.457 e. The van der Waals surface area contributed by atoms with Crippen LogP contribution in [0.15, 0.2) is 73.1 Å². The van der Waals surface area contributed by atoms with Crippen LogP contribution in [-0.2, 0) is 13.0 Å². The van der Waals surface area contributed by atoms with Crippen molar-refractivity contribution in [2.45, 2.75) is 19.9 Å². The van der Waals surface area contributed by atoms with Gasteiger partial charge in [0.1, 0.15) is 11.5 Å². The Bertz CT molecular complexity index is 1000. The molecule has 4 heteroatoms. The van der Waals surface area contributed by atoms with Crippen LogP contribution < -0.4 is 10.1 Å². The van der Waals surface area contributed by atoms with Crippen molar-refractivity contribution in [2.24, 2.45) is 0 Å². The van der Waals surface area contributed by atoms with Crippen molar-refractivity contribution < 1.29 is 4.74 Å². The number of H-pyrrole nitrogens is 1. The summed E-state index contributed by atoms with van der Waals surface area (Å²) in [6.45, 7) is 3.93. The van der Waals surface area contributed by atoms with Crippen LogP contribution >= 0.6 is 0 Å². The molecular formula is C23H23N3O. The predicted octanol–water partition coefficient (Wildman–Crippen LogP) is 5.00. The van der Waals surface area contributed by atoms with E-state index in [1.807, 2.05) is 30.3 Å². The Kier molecular flexibility index (Phi) is 5.17. The Morgan fingerprint density at radius 3 is 2.44 bits per heavy atom. The van der Waals surface area contributed by atoms with Crippen molar-refractivity contribution in [1.29, 1.82) is 0 Å². The lowest BCUT2D eigenvalue weighted by atomic mass is 10.1. The highest BCUT2D eigenvalue weighted by atomic mass is 16.5. The maximum atomic E-state index is 5.94. The Morgan fingerprint density at radius 1 is 0.889 bits per heavy atom. The minimum absolute atomic E-state index is 0.802. The Balaban J connectivity index is 1.27. The number of hydrogen-bond donors (Lipinski definition) is 2. The number of imidazole rings is 1. The number of hydrogen-bond acceptors (Lipinski definition) is 3. The first kappa shape index (κ1) is 17.3. The first-order valence-corrected chi connectivity index (χ1v) is 9.22. The van der Waals surface area contributed by atoms with Gasteiger partial charge in [-0.25, -0.2) is 4.98 Å². The molecule has 2 N–H and O–H groups in total. The standard InChI is InChI=1S/C23H23N3O/c1-17-2-4-18(5-3-17)12-13-24-15-19-6-8-20(9-7-19)27-21-10-11-22-23(14-21)26-16-25-22/h2-11,14,16,24H,12-13,15H2,1H3,(H,25,26). The first-order valence-electron chi connectivity index (χ1n) is 9.22. The molecule has 4 aromatic rings. The maximum absolute atomic E-state index is 5.94. The van der Waals surface area contributed by atoms with Crippen molar-refractivity contribution in [3.05, 3.63) is 89.7 Å². The van der Waals surface area contributed by atoms with Gasteiger partial charge in [0.2, 0.25) is 0 Å². The molecule has 0 spiro atoms. The van der Waals surface area contributed by atoms with Gasteiger partial charge in [0.05, 0.1) is 17.4 Å². The highest BCUT2D eigenvalue weighted by molar-refractivity contribution is 5.76.